The molecule has 0 heterocycles. The van der Waals surface area contributed by atoms with Gasteiger partial charge in [-0.05, 0) is 101 Å². The lowest BCUT2D eigenvalue weighted by atomic mass is 9.94. The molecule has 3 amide bonds. The van der Waals surface area contributed by atoms with Crippen molar-refractivity contribution in [2.75, 3.05) is 17.3 Å². The minimum absolute atomic E-state index is 0.341. The van der Waals surface area contributed by atoms with Crippen molar-refractivity contribution < 1.29 is 19.1 Å². The lowest BCUT2D eigenvalue weighted by Crippen LogP contribution is -2.55. The Kier molecular flexibility index (Phi) is 13.7. The number of aryl methyl sites for hydroxylation is 2. The summed E-state index contributed by atoms with van der Waals surface area (Å²) < 4.78 is 5.52. The SMILES string of the molecule is C#Cc1ccccc1C(C(=O)Nc1c(C)cccc1C)N(C(=O)C(CCSC)NC(=O)OC(C)(C)C)C(C)CCC(C)C. The molecule has 2 N–H and O–H groups in total. The summed E-state index contributed by atoms with van der Waals surface area (Å²) in [7, 11) is 0. The molecule has 2 aromatic carbocycles. The molecule has 0 saturated carbocycles. The number of para-hydroxylation sites is 1. The Morgan fingerprint density at radius 2 is 1.60 bits per heavy atom. The van der Waals surface area contributed by atoms with Gasteiger partial charge >= 0.3 is 6.09 Å². The molecule has 3 unspecified atom stereocenters. The van der Waals surface area contributed by atoms with E-state index >= 15 is 0 Å². The molecule has 43 heavy (non-hydrogen) atoms. The number of hydrogen-bond donors (Lipinski definition) is 2. The van der Waals surface area contributed by atoms with Crippen LogP contribution in [0.1, 0.15) is 89.1 Å². The van der Waals surface area contributed by atoms with Gasteiger partial charge in [0, 0.05) is 17.3 Å². The Morgan fingerprint density at radius 3 is 2.16 bits per heavy atom. The molecule has 0 spiro atoms. The minimum Gasteiger partial charge on any atom is -0.444 e. The predicted octanol–water partition coefficient (Wildman–Crippen LogP) is 7.26. The molecule has 0 aliphatic rings. The van der Waals surface area contributed by atoms with Crippen molar-refractivity contribution in [1.29, 1.82) is 0 Å². The molecule has 0 aliphatic carbocycles. The topological polar surface area (TPSA) is 87.7 Å². The zero-order valence-corrected chi connectivity index (χ0v) is 28.1. The number of hydrogen-bond acceptors (Lipinski definition) is 5. The fourth-order valence-corrected chi connectivity index (χ4v) is 5.39. The van der Waals surface area contributed by atoms with Crippen LogP contribution in [-0.4, -0.2) is 52.5 Å². The van der Waals surface area contributed by atoms with Gasteiger partial charge < -0.3 is 20.3 Å². The number of alkyl carbamates (subject to hydrolysis) is 1. The van der Waals surface area contributed by atoms with Gasteiger partial charge in [0.2, 0.25) is 5.91 Å². The van der Waals surface area contributed by atoms with E-state index in [9.17, 15) is 14.4 Å². The number of anilines is 1. The van der Waals surface area contributed by atoms with Gasteiger partial charge in [0.25, 0.3) is 5.91 Å². The average Bonchev–Trinajstić information content (AvgIpc) is 2.93. The van der Waals surface area contributed by atoms with Gasteiger partial charge in [-0.2, -0.15) is 11.8 Å². The van der Waals surface area contributed by atoms with Gasteiger partial charge in [-0.1, -0.05) is 56.2 Å². The molecule has 0 aromatic heterocycles. The van der Waals surface area contributed by atoms with Crippen molar-refractivity contribution in [2.24, 2.45) is 5.92 Å². The quantitative estimate of drug-likeness (QED) is 0.234. The maximum atomic E-state index is 14.7. The Labute approximate surface area is 262 Å². The van der Waals surface area contributed by atoms with E-state index in [2.05, 4.69) is 30.4 Å². The highest BCUT2D eigenvalue weighted by Gasteiger charge is 2.39. The van der Waals surface area contributed by atoms with Gasteiger partial charge in [-0.15, -0.1) is 6.42 Å². The first kappa shape index (κ1) is 35.8. The van der Waals surface area contributed by atoms with Crippen molar-refractivity contribution in [3.63, 3.8) is 0 Å². The van der Waals surface area contributed by atoms with Crippen LogP contribution in [0, 0.1) is 32.1 Å². The third-order valence-corrected chi connectivity index (χ3v) is 7.80. The molecule has 3 atom stereocenters. The monoisotopic (exact) mass is 607 g/mol. The second kappa shape index (κ2) is 16.4. The fourth-order valence-electron chi connectivity index (χ4n) is 4.92. The van der Waals surface area contributed by atoms with E-state index < -0.39 is 23.8 Å². The van der Waals surface area contributed by atoms with E-state index in [-0.39, 0.29) is 17.9 Å². The smallest absolute Gasteiger partial charge is 0.408 e. The predicted molar refractivity (Wildman–Crippen MR) is 178 cm³/mol. The summed E-state index contributed by atoms with van der Waals surface area (Å²) in [6.07, 6.45) is 9.08. The number of nitrogens with zero attached hydrogens (tertiary/aromatic N) is 1. The van der Waals surface area contributed by atoms with E-state index in [1.54, 1.807) is 49.6 Å². The van der Waals surface area contributed by atoms with E-state index in [0.29, 0.717) is 41.3 Å². The molecule has 0 radical (unpaired) electrons. The molecule has 2 aromatic rings. The summed E-state index contributed by atoms with van der Waals surface area (Å²) >= 11 is 1.58. The summed E-state index contributed by atoms with van der Waals surface area (Å²) in [6.45, 7) is 15.4. The van der Waals surface area contributed by atoms with Crippen molar-refractivity contribution in [2.45, 2.75) is 98.4 Å². The maximum absolute atomic E-state index is 14.7. The van der Waals surface area contributed by atoms with Crippen LogP contribution in [0.4, 0.5) is 10.5 Å². The van der Waals surface area contributed by atoms with E-state index in [1.165, 1.54) is 0 Å². The molecule has 2 rings (SSSR count). The second-order valence-corrected chi connectivity index (χ2v) is 13.4. The maximum Gasteiger partial charge on any atom is 0.408 e. The number of carbonyl (C=O) groups excluding carboxylic acids is 3. The first-order chi connectivity index (χ1) is 20.2. The van der Waals surface area contributed by atoms with Crippen LogP contribution in [-0.2, 0) is 14.3 Å². The van der Waals surface area contributed by atoms with Crippen LogP contribution < -0.4 is 10.6 Å². The second-order valence-electron chi connectivity index (χ2n) is 12.4. The van der Waals surface area contributed by atoms with Gasteiger partial charge in [0.1, 0.15) is 17.7 Å². The first-order valence-corrected chi connectivity index (χ1v) is 16.3. The molecule has 0 aliphatic heterocycles. The van der Waals surface area contributed by atoms with E-state index in [1.807, 2.05) is 57.4 Å². The Hall–Kier alpha value is -3.44. The van der Waals surface area contributed by atoms with E-state index in [4.69, 9.17) is 11.2 Å². The average molecular weight is 608 g/mol. The lowest BCUT2D eigenvalue weighted by Gasteiger charge is -2.39. The summed E-state index contributed by atoms with van der Waals surface area (Å²) in [6, 6.07) is 10.7. The molecule has 8 heteroatoms. The minimum atomic E-state index is -1.04. The van der Waals surface area contributed by atoms with Gasteiger partial charge in [0.05, 0.1) is 0 Å². The zero-order chi connectivity index (χ0) is 32.3. The van der Waals surface area contributed by atoms with Crippen LogP contribution in [0.5, 0.6) is 0 Å². The molecule has 0 saturated heterocycles. The van der Waals surface area contributed by atoms with E-state index in [0.717, 1.165) is 17.5 Å². The molecule has 0 bridgehead atoms. The molecular formula is C35H49N3O4S. The highest BCUT2D eigenvalue weighted by molar-refractivity contribution is 7.98. The van der Waals surface area contributed by atoms with Crippen molar-refractivity contribution >= 4 is 35.4 Å². The van der Waals surface area contributed by atoms with Gasteiger partial charge in [-0.25, -0.2) is 4.79 Å². The standard InChI is InChI=1S/C35H49N3O4S/c1-11-27-17-12-13-18-28(27)31(32(39)37-30-24(4)15-14-16-25(30)5)38(26(6)20-19-23(2)3)33(40)29(21-22-43-10)36-34(41)42-35(7,8)9/h1,12-18,23,26,29,31H,19-22H2,2-10H3,(H,36,41)(H,37,39). The Balaban J connectivity index is 2.72. The van der Waals surface area contributed by atoms with Crippen molar-refractivity contribution in [1.82, 2.24) is 10.2 Å². The first-order valence-electron chi connectivity index (χ1n) is 14.9. The molecule has 7 nitrogen and oxygen atoms in total. The summed E-state index contributed by atoms with van der Waals surface area (Å²) in [5, 5.41) is 5.93. The third-order valence-electron chi connectivity index (χ3n) is 7.16. The molecule has 234 valence electrons. The summed E-state index contributed by atoms with van der Waals surface area (Å²) in [4.78, 5) is 43.6. The van der Waals surface area contributed by atoms with Gasteiger partial charge in [-0.3, -0.25) is 9.59 Å². The van der Waals surface area contributed by atoms with Gasteiger partial charge in [0.15, 0.2) is 0 Å². The number of carbonyl (C=O) groups is 3. The Morgan fingerprint density at radius 1 is 0.977 bits per heavy atom. The Bertz CT molecular complexity index is 1270. The number of amides is 3. The summed E-state index contributed by atoms with van der Waals surface area (Å²) in [5.41, 5.74) is 2.86. The van der Waals surface area contributed by atoms with Crippen molar-refractivity contribution in [3.8, 4) is 12.3 Å². The molecule has 0 fully saturated rings. The van der Waals surface area contributed by atoms with Crippen LogP contribution in [0.2, 0.25) is 0 Å². The lowest BCUT2D eigenvalue weighted by molar-refractivity contribution is -0.143. The number of nitrogens with one attached hydrogen (secondary N) is 2. The largest absolute Gasteiger partial charge is 0.444 e. The normalized spacial score (nSPS) is 13.4. The highest BCUT2D eigenvalue weighted by atomic mass is 32.2. The number of ether oxygens (including phenoxy) is 1. The number of rotatable bonds is 13. The summed E-state index contributed by atoms with van der Waals surface area (Å²) in [5.74, 6) is 3.00. The third kappa shape index (κ3) is 10.7. The molecular weight excluding hydrogens is 558 g/mol. The van der Waals surface area contributed by atoms with Crippen molar-refractivity contribution in [3.05, 3.63) is 64.7 Å². The highest BCUT2D eigenvalue weighted by Crippen LogP contribution is 2.32. The zero-order valence-electron chi connectivity index (χ0n) is 27.2. The number of terminal acetylenes is 1. The number of thioether (sulfide) groups is 1. The van der Waals surface area contributed by atoms with Crippen LogP contribution >= 0.6 is 11.8 Å². The van der Waals surface area contributed by atoms with Crippen LogP contribution in [0.3, 0.4) is 0 Å². The number of benzene rings is 2. The van der Waals surface area contributed by atoms with Crippen LogP contribution in [0.15, 0.2) is 42.5 Å². The fraction of sp³-hybridized carbons (Fsp3) is 0.514. The van der Waals surface area contributed by atoms with Crippen LogP contribution in [0.25, 0.3) is 0 Å².